The zero-order valence-corrected chi connectivity index (χ0v) is 13.5. The van der Waals surface area contributed by atoms with Gasteiger partial charge in [-0.15, -0.1) is 12.4 Å². The van der Waals surface area contributed by atoms with Crippen LogP contribution in [0.5, 0.6) is 0 Å². The highest BCUT2D eigenvalue weighted by molar-refractivity contribution is 6.62. The van der Waals surface area contributed by atoms with Crippen LogP contribution in [0.1, 0.15) is 27.7 Å². The van der Waals surface area contributed by atoms with Gasteiger partial charge in [-0.05, 0) is 44.8 Å². The molecule has 0 aliphatic carbocycles. The Labute approximate surface area is 131 Å². The van der Waals surface area contributed by atoms with Crippen LogP contribution in [0, 0.1) is 0 Å². The van der Waals surface area contributed by atoms with E-state index in [1.807, 2.05) is 24.3 Å². The molecule has 0 unspecified atom stereocenters. The molecule has 1 N–H and O–H groups in total. The predicted molar refractivity (Wildman–Crippen MR) is 87.0 cm³/mol. The summed E-state index contributed by atoms with van der Waals surface area (Å²) in [7, 11) is -0.331. The van der Waals surface area contributed by atoms with Crippen molar-refractivity contribution in [3.05, 3.63) is 36.5 Å². The van der Waals surface area contributed by atoms with Gasteiger partial charge in [-0.1, -0.05) is 24.3 Å². The van der Waals surface area contributed by atoms with Gasteiger partial charge in [0.1, 0.15) is 0 Å². The second-order valence-corrected chi connectivity index (χ2v) is 6.18. The average molecular weight is 307 g/mol. The van der Waals surface area contributed by atoms with E-state index in [1.54, 1.807) is 6.20 Å². The van der Waals surface area contributed by atoms with Gasteiger partial charge in [-0.3, -0.25) is 5.10 Å². The lowest BCUT2D eigenvalue weighted by molar-refractivity contribution is 0.00578. The van der Waals surface area contributed by atoms with Crippen molar-refractivity contribution in [2.75, 3.05) is 0 Å². The van der Waals surface area contributed by atoms with Crippen molar-refractivity contribution in [3.8, 4) is 11.3 Å². The number of halogens is 1. The lowest BCUT2D eigenvalue weighted by Crippen LogP contribution is -2.41. The molecule has 1 fully saturated rings. The van der Waals surface area contributed by atoms with Crippen LogP contribution < -0.4 is 5.46 Å². The third-order valence-electron chi connectivity index (χ3n) is 4.22. The normalized spacial score (nSPS) is 19.3. The first-order valence-electron chi connectivity index (χ1n) is 6.84. The van der Waals surface area contributed by atoms with E-state index in [1.165, 1.54) is 0 Å². The molecule has 1 aliphatic heterocycles. The van der Waals surface area contributed by atoms with Gasteiger partial charge in [0.25, 0.3) is 0 Å². The third kappa shape index (κ3) is 2.86. The Bertz CT molecular complexity index is 598. The molecule has 1 aliphatic rings. The van der Waals surface area contributed by atoms with Gasteiger partial charge in [-0.2, -0.15) is 5.10 Å². The van der Waals surface area contributed by atoms with Crippen molar-refractivity contribution in [1.29, 1.82) is 0 Å². The SMILES string of the molecule is CC1(C)OB(c2cccc(-c3ccn[nH]3)c2)OC1(C)C.Cl. The molecule has 1 aromatic carbocycles. The molecule has 1 aromatic heterocycles. The van der Waals surface area contributed by atoms with Crippen molar-refractivity contribution in [2.45, 2.75) is 38.9 Å². The molecule has 1 saturated heterocycles. The van der Waals surface area contributed by atoms with Crippen LogP contribution >= 0.6 is 12.4 Å². The Hall–Kier alpha value is -1.30. The number of nitrogens with one attached hydrogen (secondary N) is 1. The van der Waals surface area contributed by atoms with Gasteiger partial charge in [0, 0.05) is 6.20 Å². The lowest BCUT2D eigenvalue weighted by atomic mass is 9.78. The van der Waals surface area contributed by atoms with Gasteiger partial charge in [-0.25, -0.2) is 0 Å². The van der Waals surface area contributed by atoms with Crippen LogP contribution in [0.15, 0.2) is 36.5 Å². The maximum atomic E-state index is 6.07. The zero-order chi connectivity index (χ0) is 14.4. The van der Waals surface area contributed by atoms with Gasteiger partial charge in [0.15, 0.2) is 0 Å². The summed E-state index contributed by atoms with van der Waals surface area (Å²) in [4.78, 5) is 0. The second-order valence-electron chi connectivity index (χ2n) is 6.18. The van der Waals surface area contributed by atoms with Crippen LogP contribution in [-0.2, 0) is 9.31 Å². The highest BCUT2D eigenvalue weighted by Gasteiger charge is 2.51. The number of rotatable bonds is 2. The van der Waals surface area contributed by atoms with E-state index < -0.39 is 0 Å². The molecular weight excluding hydrogens is 286 g/mol. The van der Waals surface area contributed by atoms with E-state index in [0.717, 1.165) is 16.7 Å². The number of aromatic amines is 1. The largest absolute Gasteiger partial charge is 0.494 e. The molecule has 4 nitrogen and oxygen atoms in total. The predicted octanol–water partition coefficient (Wildman–Crippen LogP) is 2.80. The first kappa shape index (κ1) is 16.1. The summed E-state index contributed by atoms with van der Waals surface area (Å²) < 4.78 is 12.1. The standard InChI is InChI=1S/C15H19BN2O2.ClH/c1-14(2)15(3,4)20-16(19-14)12-7-5-6-11(10-12)13-8-9-17-18-13;/h5-10H,1-4H3,(H,17,18);1H. The highest BCUT2D eigenvalue weighted by atomic mass is 35.5. The van der Waals surface area contributed by atoms with Gasteiger partial charge in [0.2, 0.25) is 0 Å². The molecule has 2 heterocycles. The summed E-state index contributed by atoms with van der Waals surface area (Å²) in [6.07, 6.45) is 1.75. The fourth-order valence-corrected chi connectivity index (χ4v) is 2.25. The molecule has 0 spiro atoms. The maximum Gasteiger partial charge on any atom is 0.494 e. The summed E-state index contributed by atoms with van der Waals surface area (Å²) in [5.74, 6) is 0. The summed E-state index contributed by atoms with van der Waals surface area (Å²) in [5, 5.41) is 6.96. The molecule has 0 saturated carbocycles. The zero-order valence-electron chi connectivity index (χ0n) is 12.7. The van der Waals surface area contributed by atoms with Crippen molar-refractivity contribution in [3.63, 3.8) is 0 Å². The number of nitrogens with zero attached hydrogens (tertiary/aromatic N) is 1. The third-order valence-corrected chi connectivity index (χ3v) is 4.22. The number of aromatic nitrogens is 2. The minimum Gasteiger partial charge on any atom is -0.399 e. The lowest BCUT2D eigenvalue weighted by Gasteiger charge is -2.32. The van der Waals surface area contributed by atoms with Crippen molar-refractivity contribution < 1.29 is 9.31 Å². The molecule has 0 radical (unpaired) electrons. The first-order chi connectivity index (χ1) is 9.39. The monoisotopic (exact) mass is 306 g/mol. The van der Waals surface area contributed by atoms with Crippen molar-refractivity contribution >= 4 is 25.0 Å². The average Bonchev–Trinajstić information content (AvgIpc) is 2.97. The molecule has 0 atom stereocenters. The van der Waals surface area contributed by atoms with Crippen LogP contribution in [0.3, 0.4) is 0 Å². The number of hydrogen-bond acceptors (Lipinski definition) is 3. The maximum absolute atomic E-state index is 6.07. The highest BCUT2D eigenvalue weighted by Crippen LogP contribution is 2.36. The quantitative estimate of drug-likeness (QED) is 0.868. The van der Waals surface area contributed by atoms with E-state index in [9.17, 15) is 0 Å². The van der Waals surface area contributed by atoms with E-state index in [4.69, 9.17) is 9.31 Å². The molecule has 21 heavy (non-hydrogen) atoms. The molecule has 3 rings (SSSR count). The molecule has 0 bridgehead atoms. The van der Waals surface area contributed by atoms with Gasteiger partial charge < -0.3 is 9.31 Å². The summed E-state index contributed by atoms with van der Waals surface area (Å²) >= 11 is 0. The van der Waals surface area contributed by atoms with E-state index in [-0.39, 0.29) is 30.7 Å². The van der Waals surface area contributed by atoms with E-state index in [2.05, 4.69) is 44.0 Å². The van der Waals surface area contributed by atoms with Crippen LogP contribution in [0.25, 0.3) is 11.3 Å². The van der Waals surface area contributed by atoms with E-state index >= 15 is 0 Å². The van der Waals surface area contributed by atoms with Gasteiger partial charge in [0.05, 0.1) is 16.9 Å². The molecule has 0 amide bonds. The minimum atomic E-state index is -0.331. The van der Waals surface area contributed by atoms with Gasteiger partial charge >= 0.3 is 7.12 Å². The van der Waals surface area contributed by atoms with Crippen LogP contribution in [0.2, 0.25) is 0 Å². The Balaban J connectivity index is 0.00000161. The Morgan fingerprint density at radius 1 is 1.05 bits per heavy atom. The summed E-state index contributed by atoms with van der Waals surface area (Å²) in [5.41, 5.74) is 2.46. The molecule has 2 aromatic rings. The van der Waals surface area contributed by atoms with Crippen LogP contribution in [-0.4, -0.2) is 28.5 Å². The number of hydrogen-bond donors (Lipinski definition) is 1. The van der Waals surface area contributed by atoms with Crippen molar-refractivity contribution in [2.24, 2.45) is 0 Å². The molecule has 6 heteroatoms. The smallest absolute Gasteiger partial charge is 0.399 e. The topological polar surface area (TPSA) is 47.1 Å². The van der Waals surface area contributed by atoms with Crippen molar-refractivity contribution in [1.82, 2.24) is 10.2 Å². The first-order valence-corrected chi connectivity index (χ1v) is 6.84. The minimum absolute atomic E-state index is 0. The molecular formula is C15H20BClN2O2. The number of H-pyrrole nitrogens is 1. The summed E-state index contributed by atoms with van der Waals surface area (Å²) in [6, 6.07) is 10.1. The number of benzene rings is 1. The Morgan fingerprint density at radius 3 is 2.29 bits per heavy atom. The summed E-state index contributed by atoms with van der Waals surface area (Å²) in [6.45, 7) is 8.25. The van der Waals surface area contributed by atoms with E-state index in [0.29, 0.717) is 0 Å². The fraction of sp³-hybridized carbons (Fsp3) is 0.400. The second kappa shape index (κ2) is 5.48. The fourth-order valence-electron chi connectivity index (χ4n) is 2.25. The Kier molecular flexibility index (Phi) is 4.20. The Morgan fingerprint density at radius 2 is 1.71 bits per heavy atom. The van der Waals surface area contributed by atoms with Crippen LogP contribution in [0.4, 0.5) is 0 Å². The molecule has 112 valence electrons.